The van der Waals surface area contributed by atoms with Gasteiger partial charge in [-0.1, -0.05) is 13.8 Å². The number of carbonyl (C=O) groups excluding carboxylic acids is 3. The minimum absolute atomic E-state index is 0.00998. The van der Waals surface area contributed by atoms with Crippen LogP contribution in [0.2, 0.25) is 0 Å². The fourth-order valence-corrected chi connectivity index (χ4v) is 5.23. The maximum atomic E-state index is 13.1. The van der Waals surface area contributed by atoms with Gasteiger partial charge in [-0.05, 0) is 30.2 Å². The van der Waals surface area contributed by atoms with Crippen molar-refractivity contribution in [2.45, 2.75) is 38.9 Å². The van der Waals surface area contributed by atoms with E-state index in [0.29, 0.717) is 67.8 Å². The highest BCUT2D eigenvalue weighted by Gasteiger charge is 2.40. The van der Waals surface area contributed by atoms with Gasteiger partial charge in [0.15, 0.2) is 10.9 Å². The topological polar surface area (TPSA) is 110 Å². The molecule has 1 N–H and O–H groups in total. The molecule has 4 rings (SSSR count). The summed E-state index contributed by atoms with van der Waals surface area (Å²) in [6.07, 6.45) is 1.50. The number of rotatable bonds is 9. The lowest BCUT2D eigenvalue weighted by Gasteiger charge is -2.37. The molecule has 0 radical (unpaired) electrons. The first-order valence-electron chi connectivity index (χ1n) is 12.5. The van der Waals surface area contributed by atoms with Crippen LogP contribution in [0.1, 0.15) is 42.7 Å². The van der Waals surface area contributed by atoms with Gasteiger partial charge in [0.05, 0.1) is 32.4 Å². The quantitative estimate of drug-likeness (QED) is 0.531. The van der Waals surface area contributed by atoms with Crippen LogP contribution in [0, 0.1) is 5.92 Å². The summed E-state index contributed by atoms with van der Waals surface area (Å²) in [7, 11) is 1.57. The number of hydrogen-bond donors (Lipinski definition) is 1. The SMILES string of the molecule is COc1ccc(C(=O)N(CC(=O)Nc2nc(CC(=O)N3CCC4(CC3)OCCO4)cs2)CC(C)C)cc1. The highest BCUT2D eigenvalue weighted by molar-refractivity contribution is 7.13. The van der Waals surface area contributed by atoms with Crippen molar-refractivity contribution in [2.24, 2.45) is 5.92 Å². The molecule has 1 aromatic carbocycles. The molecule has 11 heteroatoms. The van der Waals surface area contributed by atoms with Crippen LogP contribution in [0.5, 0.6) is 5.75 Å². The molecular weight excluding hydrogens is 496 g/mol. The molecule has 2 fully saturated rings. The number of benzene rings is 1. The highest BCUT2D eigenvalue weighted by Crippen LogP contribution is 2.31. The Hall–Kier alpha value is -3.02. The minimum atomic E-state index is -0.521. The molecule has 2 aromatic rings. The molecule has 1 aromatic heterocycles. The number of nitrogens with one attached hydrogen (secondary N) is 1. The Morgan fingerprint density at radius 3 is 2.46 bits per heavy atom. The Morgan fingerprint density at radius 2 is 1.84 bits per heavy atom. The summed E-state index contributed by atoms with van der Waals surface area (Å²) in [5.74, 6) is -0.259. The standard InChI is InChI=1S/C26H34N4O6S/c1-18(2)15-30(24(33)19-4-6-21(34-3)7-5-19)16-22(31)28-25-27-20(17-37-25)14-23(32)29-10-8-26(9-11-29)35-12-13-36-26/h4-7,17-18H,8-16H2,1-3H3,(H,27,28,31). The molecule has 0 atom stereocenters. The van der Waals surface area contributed by atoms with E-state index in [-0.39, 0.29) is 36.6 Å². The van der Waals surface area contributed by atoms with Gasteiger partial charge in [-0.3, -0.25) is 14.4 Å². The molecule has 2 saturated heterocycles. The van der Waals surface area contributed by atoms with Crippen molar-refractivity contribution in [3.8, 4) is 5.75 Å². The number of anilines is 1. The third-order valence-electron chi connectivity index (χ3n) is 6.37. The summed E-state index contributed by atoms with van der Waals surface area (Å²) < 4.78 is 16.6. The van der Waals surface area contributed by atoms with Crippen LogP contribution >= 0.6 is 11.3 Å². The molecule has 37 heavy (non-hydrogen) atoms. The van der Waals surface area contributed by atoms with Crippen molar-refractivity contribution >= 4 is 34.2 Å². The Bertz CT molecular complexity index is 1090. The number of likely N-dealkylation sites (tertiary alicyclic amines) is 1. The lowest BCUT2D eigenvalue weighted by molar-refractivity contribution is -0.187. The van der Waals surface area contributed by atoms with Gasteiger partial charge in [0.25, 0.3) is 5.91 Å². The molecule has 0 bridgehead atoms. The number of piperidine rings is 1. The second-order valence-electron chi connectivity index (χ2n) is 9.67. The van der Waals surface area contributed by atoms with Gasteiger partial charge in [-0.2, -0.15) is 0 Å². The molecule has 1 spiro atoms. The number of hydrogen-bond acceptors (Lipinski definition) is 8. The molecule has 10 nitrogen and oxygen atoms in total. The second kappa shape index (κ2) is 12.0. The predicted molar refractivity (Wildman–Crippen MR) is 139 cm³/mol. The summed E-state index contributed by atoms with van der Waals surface area (Å²) >= 11 is 1.26. The molecule has 0 unspecified atom stereocenters. The molecular formula is C26H34N4O6S. The average molecular weight is 531 g/mol. The Balaban J connectivity index is 1.30. The van der Waals surface area contributed by atoms with Crippen molar-refractivity contribution in [1.82, 2.24) is 14.8 Å². The number of aromatic nitrogens is 1. The van der Waals surface area contributed by atoms with Crippen molar-refractivity contribution in [2.75, 3.05) is 51.8 Å². The van der Waals surface area contributed by atoms with Crippen molar-refractivity contribution < 1.29 is 28.6 Å². The molecule has 3 heterocycles. The average Bonchev–Trinajstić information content (AvgIpc) is 3.52. The van der Waals surface area contributed by atoms with E-state index in [2.05, 4.69) is 10.3 Å². The molecule has 3 amide bonds. The van der Waals surface area contributed by atoms with Crippen LogP contribution in [0.4, 0.5) is 5.13 Å². The van der Waals surface area contributed by atoms with E-state index in [1.807, 2.05) is 18.7 Å². The number of ether oxygens (including phenoxy) is 3. The van der Waals surface area contributed by atoms with Gasteiger partial charge in [0.2, 0.25) is 11.8 Å². The Kier molecular flexibility index (Phi) is 8.78. The van der Waals surface area contributed by atoms with Gasteiger partial charge >= 0.3 is 0 Å². The van der Waals surface area contributed by atoms with E-state index in [1.165, 1.54) is 16.2 Å². The normalized spacial score (nSPS) is 16.7. The lowest BCUT2D eigenvalue weighted by atomic mass is 10.0. The zero-order chi connectivity index (χ0) is 26.4. The molecule has 200 valence electrons. The Morgan fingerprint density at radius 1 is 1.16 bits per heavy atom. The van der Waals surface area contributed by atoms with Crippen LogP contribution in [0.3, 0.4) is 0 Å². The smallest absolute Gasteiger partial charge is 0.254 e. The predicted octanol–water partition coefficient (Wildman–Crippen LogP) is 2.80. The van der Waals surface area contributed by atoms with E-state index in [1.54, 1.807) is 36.8 Å². The number of carbonyl (C=O) groups is 3. The van der Waals surface area contributed by atoms with Crippen molar-refractivity contribution in [1.29, 1.82) is 0 Å². The van der Waals surface area contributed by atoms with E-state index in [9.17, 15) is 14.4 Å². The number of thiazole rings is 1. The monoisotopic (exact) mass is 530 g/mol. The minimum Gasteiger partial charge on any atom is -0.497 e. The van der Waals surface area contributed by atoms with Crippen molar-refractivity contribution in [3.63, 3.8) is 0 Å². The number of nitrogens with zero attached hydrogens (tertiary/aromatic N) is 3. The third kappa shape index (κ3) is 7.06. The largest absolute Gasteiger partial charge is 0.497 e. The van der Waals surface area contributed by atoms with Gasteiger partial charge in [-0.15, -0.1) is 11.3 Å². The van der Waals surface area contributed by atoms with E-state index in [0.717, 1.165) is 0 Å². The van der Waals surface area contributed by atoms with Crippen LogP contribution in [-0.4, -0.2) is 84.8 Å². The molecule has 0 saturated carbocycles. The summed E-state index contributed by atoms with van der Waals surface area (Å²) in [6.45, 7) is 6.69. The number of methoxy groups -OCH3 is 1. The van der Waals surface area contributed by atoms with Crippen LogP contribution in [-0.2, 0) is 25.5 Å². The lowest BCUT2D eigenvalue weighted by Crippen LogP contribution is -2.47. The molecule has 2 aliphatic rings. The second-order valence-corrected chi connectivity index (χ2v) is 10.5. The fraction of sp³-hybridized carbons (Fsp3) is 0.538. The van der Waals surface area contributed by atoms with E-state index >= 15 is 0 Å². The van der Waals surface area contributed by atoms with Crippen molar-refractivity contribution in [3.05, 3.63) is 40.9 Å². The summed E-state index contributed by atoms with van der Waals surface area (Å²) in [4.78, 5) is 46.4. The fourth-order valence-electron chi connectivity index (χ4n) is 4.50. The summed E-state index contributed by atoms with van der Waals surface area (Å²) in [6, 6.07) is 6.81. The first-order valence-corrected chi connectivity index (χ1v) is 13.4. The van der Waals surface area contributed by atoms with Crippen LogP contribution in [0.25, 0.3) is 0 Å². The first-order chi connectivity index (χ1) is 17.8. The zero-order valence-electron chi connectivity index (χ0n) is 21.5. The van der Waals surface area contributed by atoms with Gasteiger partial charge in [-0.25, -0.2) is 4.98 Å². The summed E-state index contributed by atoms with van der Waals surface area (Å²) in [5.41, 5.74) is 1.09. The molecule has 2 aliphatic heterocycles. The third-order valence-corrected chi connectivity index (χ3v) is 7.17. The maximum absolute atomic E-state index is 13.1. The zero-order valence-corrected chi connectivity index (χ0v) is 22.3. The van der Waals surface area contributed by atoms with Crippen LogP contribution < -0.4 is 10.1 Å². The van der Waals surface area contributed by atoms with Gasteiger partial charge < -0.3 is 29.3 Å². The van der Waals surface area contributed by atoms with E-state index < -0.39 is 5.79 Å². The van der Waals surface area contributed by atoms with Gasteiger partial charge in [0.1, 0.15) is 12.3 Å². The highest BCUT2D eigenvalue weighted by atomic mass is 32.1. The van der Waals surface area contributed by atoms with Crippen LogP contribution in [0.15, 0.2) is 29.6 Å². The Labute approximate surface area is 220 Å². The van der Waals surface area contributed by atoms with E-state index in [4.69, 9.17) is 14.2 Å². The first kappa shape index (κ1) is 27.0. The summed E-state index contributed by atoms with van der Waals surface area (Å²) in [5, 5.41) is 4.95. The maximum Gasteiger partial charge on any atom is 0.254 e. The molecule has 0 aliphatic carbocycles. The van der Waals surface area contributed by atoms with Gasteiger partial charge in [0, 0.05) is 43.4 Å². The number of amides is 3.